The van der Waals surface area contributed by atoms with E-state index in [4.69, 9.17) is 34.8 Å². The summed E-state index contributed by atoms with van der Waals surface area (Å²) in [7, 11) is 0. The Bertz CT molecular complexity index is 1670. The average Bonchev–Trinajstić information content (AvgIpc) is 3.06. The number of aliphatic hydroxyl groups is 2. The van der Waals surface area contributed by atoms with Crippen LogP contribution in [0.25, 0.3) is 33.3 Å². The molecule has 2 aromatic heterocycles. The number of aliphatic hydroxyl groups excluding tert-OH is 2. The van der Waals surface area contributed by atoms with E-state index in [9.17, 15) is 4.79 Å². The Hall–Kier alpha value is -3.85. The van der Waals surface area contributed by atoms with Crippen molar-refractivity contribution in [3.63, 3.8) is 0 Å². The Morgan fingerprint density at radius 1 is 0.739 bits per heavy atom. The van der Waals surface area contributed by atoms with Gasteiger partial charge in [0.05, 0.1) is 18.7 Å². The summed E-state index contributed by atoms with van der Waals surface area (Å²) in [6.07, 6.45) is 0. The summed E-state index contributed by atoms with van der Waals surface area (Å²) in [5, 5.41) is 19.1. The van der Waals surface area contributed by atoms with Crippen molar-refractivity contribution in [1.82, 2.24) is 29.6 Å². The van der Waals surface area contributed by atoms with E-state index in [-0.39, 0.29) is 24.4 Å². The zero-order valence-electron chi connectivity index (χ0n) is 26.1. The van der Waals surface area contributed by atoms with Gasteiger partial charge < -0.3 is 29.8 Å². The molecule has 4 heterocycles. The highest BCUT2D eigenvalue weighted by molar-refractivity contribution is 6.05. The molecule has 13 heteroatoms. The number of rotatable bonds is 13. The van der Waals surface area contributed by atoms with Crippen LogP contribution in [0.4, 0.5) is 5.82 Å². The number of benzene rings is 2. The average molecular weight is 634 g/mol. The number of β-amino-alcohol motifs (C(OH)–C–C–N with tert-alkyl or cyclic N) is 2. The number of piperazine rings is 2. The number of hydrogen-bond donors (Lipinski definition) is 3. The number of nitrogens with two attached hydrogens (primary N) is 1. The third-order valence-electron chi connectivity index (χ3n) is 8.76. The molecule has 4 aromatic rings. The molecule has 0 radical (unpaired) electrons. The fourth-order valence-electron chi connectivity index (χ4n) is 6.09. The molecule has 13 nitrogen and oxygen atoms in total. The molecule has 0 bridgehead atoms. The van der Waals surface area contributed by atoms with Crippen molar-refractivity contribution in [3.05, 3.63) is 52.9 Å². The van der Waals surface area contributed by atoms with E-state index >= 15 is 0 Å². The molecular formula is C33H43N7O6. The topological polar surface area (TPSA) is 154 Å². The van der Waals surface area contributed by atoms with Crippen LogP contribution in [-0.4, -0.2) is 145 Å². The number of ether oxygens (including phenoxy) is 2. The van der Waals surface area contributed by atoms with E-state index in [0.717, 1.165) is 77.6 Å². The largest absolute Gasteiger partial charge is 0.492 e. The van der Waals surface area contributed by atoms with Gasteiger partial charge in [0.15, 0.2) is 5.82 Å². The highest BCUT2D eigenvalue weighted by Crippen LogP contribution is 2.30. The number of nitrogen functional groups attached to an aromatic ring is 1. The second kappa shape index (κ2) is 15.2. The highest BCUT2D eigenvalue weighted by Gasteiger charge is 2.19. The molecule has 0 atom stereocenters. The summed E-state index contributed by atoms with van der Waals surface area (Å²) in [5.41, 5.74) is 7.21. The lowest BCUT2D eigenvalue weighted by atomic mass is 10.1. The van der Waals surface area contributed by atoms with Crippen molar-refractivity contribution in [1.29, 1.82) is 0 Å². The summed E-state index contributed by atoms with van der Waals surface area (Å²) in [4.78, 5) is 31.4. The predicted octanol–water partition coefficient (Wildman–Crippen LogP) is 0.963. The van der Waals surface area contributed by atoms with Gasteiger partial charge in [-0.25, -0.2) is 14.8 Å². The van der Waals surface area contributed by atoms with Gasteiger partial charge >= 0.3 is 5.63 Å². The Morgan fingerprint density at radius 2 is 1.30 bits per heavy atom. The summed E-state index contributed by atoms with van der Waals surface area (Å²) >= 11 is 0. The van der Waals surface area contributed by atoms with Crippen LogP contribution in [0.1, 0.15) is 0 Å². The van der Waals surface area contributed by atoms with Crippen LogP contribution >= 0.6 is 0 Å². The lowest BCUT2D eigenvalue weighted by Gasteiger charge is -2.34. The van der Waals surface area contributed by atoms with Gasteiger partial charge in [-0.05, 0) is 24.3 Å². The van der Waals surface area contributed by atoms with E-state index in [1.807, 2.05) is 36.4 Å². The van der Waals surface area contributed by atoms with Gasteiger partial charge in [-0.2, -0.15) is 0 Å². The molecule has 2 aliphatic heterocycles. The molecule has 246 valence electrons. The standard InChI is InChI=1S/C33H43N7O6/c34-31-29-30(27-5-4-26(23-28(27)46-33(29)43)45-21-17-40-12-8-38(9-13-40)15-19-42)35-32(36-31)24-2-1-3-25(22-24)44-20-16-39-10-6-37(7-11-39)14-18-41/h1-5,22-23,41-42H,6-21H2,(H2,34,35,36). The van der Waals surface area contributed by atoms with Crippen molar-refractivity contribution in [3.8, 4) is 22.9 Å². The van der Waals surface area contributed by atoms with E-state index < -0.39 is 5.63 Å². The monoisotopic (exact) mass is 633 g/mol. The fourth-order valence-corrected chi connectivity index (χ4v) is 6.09. The minimum Gasteiger partial charge on any atom is -0.492 e. The molecule has 0 spiro atoms. The molecule has 0 unspecified atom stereocenters. The van der Waals surface area contributed by atoms with Crippen molar-refractivity contribution >= 4 is 27.7 Å². The minimum absolute atomic E-state index is 0.0572. The van der Waals surface area contributed by atoms with Crippen LogP contribution in [0, 0.1) is 0 Å². The maximum atomic E-state index is 13.0. The smallest absolute Gasteiger partial charge is 0.349 e. The first-order valence-corrected chi connectivity index (χ1v) is 16.0. The van der Waals surface area contributed by atoms with Gasteiger partial charge in [-0.3, -0.25) is 19.6 Å². The van der Waals surface area contributed by atoms with Crippen LogP contribution in [0.15, 0.2) is 51.7 Å². The first-order valence-electron chi connectivity index (χ1n) is 16.0. The zero-order chi connectivity index (χ0) is 31.9. The van der Waals surface area contributed by atoms with Crippen molar-refractivity contribution < 1.29 is 24.1 Å². The van der Waals surface area contributed by atoms with E-state index in [1.54, 1.807) is 6.07 Å². The minimum atomic E-state index is -0.598. The molecule has 4 N–H and O–H groups in total. The molecule has 2 saturated heterocycles. The van der Waals surface area contributed by atoms with E-state index in [0.29, 0.717) is 53.6 Å². The molecule has 2 aliphatic rings. The summed E-state index contributed by atoms with van der Waals surface area (Å²) in [5.74, 6) is 1.75. The molecule has 2 aromatic carbocycles. The first-order chi connectivity index (χ1) is 22.5. The second-order valence-electron chi connectivity index (χ2n) is 11.7. The molecule has 46 heavy (non-hydrogen) atoms. The molecular weight excluding hydrogens is 590 g/mol. The Kier molecular flexibility index (Phi) is 10.6. The van der Waals surface area contributed by atoms with Gasteiger partial charge in [-0.1, -0.05) is 12.1 Å². The summed E-state index contributed by atoms with van der Waals surface area (Å²) < 4.78 is 17.7. The van der Waals surface area contributed by atoms with Crippen LogP contribution in [0.3, 0.4) is 0 Å². The normalized spacial score (nSPS) is 17.2. The molecule has 0 aliphatic carbocycles. The molecule has 0 amide bonds. The number of fused-ring (bicyclic) bond motifs is 3. The predicted molar refractivity (Wildman–Crippen MR) is 176 cm³/mol. The van der Waals surface area contributed by atoms with Crippen LogP contribution in [-0.2, 0) is 0 Å². The maximum absolute atomic E-state index is 13.0. The lowest BCUT2D eigenvalue weighted by molar-refractivity contribution is 0.102. The Balaban J connectivity index is 1.12. The van der Waals surface area contributed by atoms with Crippen LogP contribution < -0.4 is 20.8 Å². The number of hydrogen-bond acceptors (Lipinski definition) is 13. The third kappa shape index (κ3) is 7.74. The van der Waals surface area contributed by atoms with Crippen molar-refractivity contribution in [2.75, 3.05) is 111 Å². The second-order valence-corrected chi connectivity index (χ2v) is 11.7. The molecule has 2 fully saturated rings. The van der Waals surface area contributed by atoms with Gasteiger partial charge in [0, 0.05) is 95.6 Å². The van der Waals surface area contributed by atoms with Crippen LogP contribution in [0.5, 0.6) is 11.5 Å². The van der Waals surface area contributed by atoms with Crippen molar-refractivity contribution in [2.45, 2.75) is 0 Å². The van der Waals surface area contributed by atoms with Gasteiger partial charge in [-0.15, -0.1) is 0 Å². The fraction of sp³-hybridized carbons (Fsp3) is 0.485. The Morgan fingerprint density at radius 3 is 1.89 bits per heavy atom. The number of nitrogens with zero attached hydrogens (tertiary/aromatic N) is 6. The highest BCUT2D eigenvalue weighted by atomic mass is 16.5. The zero-order valence-corrected chi connectivity index (χ0v) is 26.1. The van der Waals surface area contributed by atoms with Gasteiger partial charge in [0.25, 0.3) is 0 Å². The number of aromatic nitrogens is 2. The van der Waals surface area contributed by atoms with Gasteiger partial charge in [0.1, 0.15) is 41.5 Å². The molecule has 0 saturated carbocycles. The van der Waals surface area contributed by atoms with Crippen molar-refractivity contribution in [2.24, 2.45) is 0 Å². The third-order valence-corrected chi connectivity index (χ3v) is 8.76. The van der Waals surface area contributed by atoms with Crippen LogP contribution in [0.2, 0.25) is 0 Å². The quantitative estimate of drug-likeness (QED) is 0.142. The first kappa shape index (κ1) is 32.1. The lowest BCUT2D eigenvalue weighted by Crippen LogP contribution is -2.48. The van der Waals surface area contributed by atoms with E-state index in [2.05, 4.69) is 24.6 Å². The van der Waals surface area contributed by atoms with E-state index in [1.165, 1.54) is 0 Å². The summed E-state index contributed by atoms with van der Waals surface area (Å²) in [6.45, 7) is 12.0. The summed E-state index contributed by atoms with van der Waals surface area (Å²) in [6, 6.07) is 13.0. The van der Waals surface area contributed by atoms with Gasteiger partial charge in [0.2, 0.25) is 0 Å². The molecule has 6 rings (SSSR count). The number of anilines is 1. The Labute approximate surface area is 267 Å². The SMILES string of the molecule is Nc1nc(-c2cccc(OCCN3CCN(CCO)CC3)c2)nc2c1c(=O)oc1cc(OCCN3CCN(CCO)CC3)ccc12. The maximum Gasteiger partial charge on any atom is 0.349 e.